The molecule has 0 bridgehead atoms. The Morgan fingerprint density at radius 1 is 1.54 bits per heavy atom. The van der Waals surface area contributed by atoms with E-state index in [2.05, 4.69) is 9.36 Å². The van der Waals surface area contributed by atoms with E-state index in [0.717, 1.165) is 10.6 Å². The monoisotopic (exact) mass is 212 g/mol. The lowest BCUT2D eigenvalue weighted by Gasteiger charge is -2.04. The molecule has 0 spiro atoms. The Hall–Kier alpha value is -0.780. The van der Waals surface area contributed by atoms with Gasteiger partial charge in [-0.25, -0.2) is 4.98 Å². The van der Waals surface area contributed by atoms with Crippen molar-refractivity contribution in [1.29, 1.82) is 0 Å². The van der Waals surface area contributed by atoms with Gasteiger partial charge in [0, 0.05) is 5.38 Å². The quantitative estimate of drug-likeness (QED) is 0.828. The van der Waals surface area contributed by atoms with Crippen molar-refractivity contribution in [1.82, 2.24) is 9.36 Å². The molecule has 0 radical (unpaired) electrons. The maximum absolute atomic E-state index is 9.87. The van der Waals surface area contributed by atoms with Crippen molar-refractivity contribution in [3.8, 4) is 0 Å². The van der Waals surface area contributed by atoms with Crippen LogP contribution < -0.4 is 0 Å². The molecule has 0 fully saturated rings. The summed E-state index contributed by atoms with van der Waals surface area (Å²) in [6, 6.07) is 1.83. The van der Waals surface area contributed by atoms with E-state index >= 15 is 0 Å². The maximum Gasteiger partial charge on any atom is 0.133 e. The number of aryl methyl sites for hydroxylation is 1. The summed E-state index contributed by atoms with van der Waals surface area (Å²) in [5, 5.41) is 11.7. The normalized spacial score (nSPS) is 13.1. The number of nitrogens with zero attached hydrogens (tertiary/aromatic N) is 2. The molecule has 0 saturated heterocycles. The number of aliphatic hydroxyl groups excluding tert-OH is 1. The molecule has 68 valence electrons. The van der Waals surface area contributed by atoms with Crippen LogP contribution >= 0.6 is 22.9 Å². The molecule has 1 N–H and O–H groups in total. The smallest absolute Gasteiger partial charge is 0.133 e. The third-order valence-corrected chi connectivity index (χ3v) is 3.33. The summed E-state index contributed by atoms with van der Waals surface area (Å²) in [5.41, 5.74) is 3.32. The molecule has 1 unspecified atom stereocenters. The van der Waals surface area contributed by atoms with Gasteiger partial charge in [0.1, 0.15) is 6.10 Å². The molecule has 2 rings (SSSR count). The Kier molecular flexibility index (Phi) is 2.39. The second kappa shape index (κ2) is 3.53. The van der Waals surface area contributed by atoms with Crippen LogP contribution in [0, 0.1) is 6.92 Å². The van der Waals surface area contributed by atoms with E-state index in [9.17, 15) is 5.11 Å². The van der Waals surface area contributed by atoms with Crippen molar-refractivity contribution in [3.05, 3.63) is 33.2 Å². The fourth-order valence-corrected chi connectivity index (χ4v) is 2.41. The minimum atomic E-state index is -0.612. The molecular weight excluding hydrogens is 204 g/mol. The predicted octanol–water partition coefficient (Wildman–Crippen LogP) is 1.99. The minimum Gasteiger partial charge on any atom is -0.381 e. The standard InChI is InChI=1S/C8H8N2OS2/c1-5-8(12-4-9-5)7(11)6-2-3-13-10-6/h2-4,7,11H,1H3. The molecule has 0 aliphatic heterocycles. The van der Waals surface area contributed by atoms with Crippen LogP contribution in [0.1, 0.15) is 22.4 Å². The molecule has 2 heterocycles. The first kappa shape index (κ1) is 8.80. The molecule has 13 heavy (non-hydrogen) atoms. The van der Waals surface area contributed by atoms with E-state index < -0.39 is 6.10 Å². The van der Waals surface area contributed by atoms with E-state index in [1.807, 2.05) is 18.4 Å². The number of hydrogen-bond acceptors (Lipinski definition) is 5. The van der Waals surface area contributed by atoms with E-state index in [4.69, 9.17) is 0 Å². The van der Waals surface area contributed by atoms with Gasteiger partial charge in [0.25, 0.3) is 0 Å². The topological polar surface area (TPSA) is 46.0 Å². The third-order valence-electron chi connectivity index (χ3n) is 1.77. The molecule has 2 aromatic rings. The van der Waals surface area contributed by atoms with Gasteiger partial charge in [0.2, 0.25) is 0 Å². The van der Waals surface area contributed by atoms with E-state index in [-0.39, 0.29) is 0 Å². The summed E-state index contributed by atoms with van der Waals surface area (Å²) in [7, 11) is 0. The molecule has 0 aliphatic carbocycles. The molecule has 3 nitrogen and oxygen atoms in total. The van der Waals surface area contributed by atoms with E-state index in [1.165, 1.54) is 22.9 Å². The summed E-state index contributed by atoms with van der Waals surface area (Å²) in [6.07, 6.45) is -0.612. The summed E-state index contributed by atoms with van der Waals surface area (Å²) in [4.78, 5) is 4.96. The summed E-state index contributed by atoms with van der Waals surface area (Å²) in [5.74, 6) is 0. The van der Waals surface area contributed by atoms with Crippen molar-refractivity contribution in [2.75, 3.05) is 0 Å². The van der Waals surface area contributed by atoms with Crippen LogP contribution in [0.2, 0.25) is 0 Å². The molecule has 0 saturated carbocycles. The predicted molar refractivity (Wildman–Crippen MR) is 53.0 cm³/mol. The zero-order valence-corrected chi connectivity index (χ0v) is 8.60. The highest BCUT2D eigenvalue weighted by Gasteiger charge is 2.16. The molecule has 0 aliphatic rings. The van der Waals surface area contributed by atoms with Gasteiger partial charge in [-0.05, 0) is 24.5 Å². The van der Waals surface area contributed by atoms with Gasteiger partial charge in [-0.2, -0.15) is 4.37 Å². The van der Waals surface area contributed by atoms with Gasteiger partial charge >= 0.3 is 0 Å². The van der Waals surface area contributed by atoms with Crippen LogP contribution in [-0.2, 0) is 0 Å². The Bertz CT molecular complexity index is 383. The molecule has 0 amide bonds. The van der Waals surface area contributed by atoms with Crippen molar-refractivity contribution < 1.29 is 5.11 Å². The van der Waals surface area contributed by atoms with Crippen LogP contribution in [0.25, 0.3) is 0 Å². The molecule has 1 atom stereocenters. The van der Waals surface area contributed by atoms with E-state index in [0.29, 0.717) is 5.69 Å². The van der Waals surface area contributed by atoms with Crippen LogP contribution in [0.15, 0.2) is 17.0 Å². The molecule has 0 aromatic carbocycles. The maximum atomic E-state index is 9.87. The average Bonchev–Trinajstić information content (AvgIpc) is 2.72. The van der Waals surface area contributed by atoms with Gasteiger partial charge < -0.3 is 5.11 Å². The highest BCUT2D eigenvalue weighted by Crippen LogP contribution is 2.26. The SMILES string of the molecule is Cc1ncsc1C(O)c1ccsn1. The first-order valence-electron chi connectivity index (χ1n) is 3.77. The Morgan fingerprint density at radius 2 is 2.38 bits per heavy atom. The fourth-order valence-electron chi connectivity index (χ4n) is 1.07. The minimum absolute atomic E-state index is 0.612. The first-order chi connectivity index (χ1) is 6.29. The number of hydrogen-bond donors (Lipinski definition) is 1. The Balaban J connectivity index is 2.33. The largest absolute Gasteiger partial charge is 0.381 e. The third kappa shape index (κ3) is 1.63. The van der Waals surface area contributed by atoms with Crippen LogP contribution in [0.3, 0.4) is 0 Å². The lowest BCUT2D eigenvalue weighted by Crippen LogP contribution is -1.98. The zero-order valence-electron chi connectivity index (χ0n) is 6.97. The lowest BCUT2D eigenvalue weighted by atomic mass is 10.2. The van der Waals surface area contributed by atoms with E-state index in [1.54, 1.807) is 5.51 Å². The molecule has 2 aromatic heterocycles. The first-order valence-corrected chi connectivity index (χ1v) is 5.49. The van der Waals surface area contributed by atoms with Gasteiger partial charge in [-0.15, -0.1) is 11.3 Å². The number of aromatic nitrogens is 2. The number of rotatable bonds is 2. The number of aliphatic hydroxyl groups is 1. The second-order valence-corrected chi connectivity index (χ2v) is 4.18. The van der Waals surface area contributed by atoms with Crippen LogP contribution in [0.4, 0.5) is 0 Å². The summed E-state index contributed by atoms with van der Waals surface area (Å²) >= 11 is 2.80. The highest BCUT2D eigenvalue weighted by atomic mass is 32.1. The summed E-state index contributed by atoms with van der Waals surface area (Å²) in [6.45, 7) is 1.89. The fraction of sp³-hybridized carbons (Fsp3) is 0.250. The van der Waals surface area contributed by atoms with Crippen molar-refractivity contribution in [2.45, 2.75) is 13.0 Å². The summed E-state index contributed by atoms with van der Waals surface area (Å²) < 4.78 is 4.08. The lowest BCUT2D eigenvalue weighted by molar-refractivity contribution is 0.219. The Labute approximate surface area is 83.9 Å². The molecule has 5 heteroatoms. The van der Waals surface area contributed by atoms with Crippen molar-refractivity contribution in [2.24, 2.45) is 0 Å². The second-order valence-electron chi connectivity index (χ2n) is 2.63. The Morgan fingerprint density at radius 3 is 2.92 bits per heavy atom. The van der Waals surface area contributed by atoms with Gasteiger partial charge in [0.15, 0.2) is 0 Å². The van der Waals surface area contributed by atoms with Crippen LogP contribution in [-0.4, -0.2) is 14.5 Å². The van der Waals surface area contributed by atoms with Crippen molar-refractivity contribution >= 4 is 22.9 Å². The van der Waals surface area contributed by atoms with Gasteiger partial charge in [-0.1, -0.05) is 0 Å². The highest BCUT2D eigenvalue weighted by molar-refractivity contribution is 7.09. The van der Waals surface area contributed by atoms with Crippen LogP contribution in [0.5, 0.6) is 0 Å². The average molecular weight is 212 g/mol. The number of thiazole rings is 1. The van der Waals surface area contributed by atoms with Gasteiger partial charge in [-0.3, -0.25) is 0 Å². The zero-order chi connectivity index (χ0) is 9.26. The van der Waals surface area contributed by atoms with Gasteiger partial charge in [0.05, 0.1) is 21.8 Å². The van der Waals surface area contributed by atoms with Crippen molar-refractivity contribution in [3.63, 3.8) is 0 Å². The molecular formula is C8H8N2OS2.